The van der Waals surface area contributed by atoms with Crippen LogP contribution >= 0.6 is 0 Å². The molecule has 9 nitrogen and oxygen atoms in total. The first-order valence-electron chi connectivity index (χ1n) is 12.1. The van der Waals surface area contributed by atoms with Gasteiger partial charge in [0.15, 0.2) is 0 Å². The second-order valence-corrected chi connectivity index (χ2v) is 10.8. The Hall–Kier alpha value is -4.28. The van der Waals surface area contributed by atoms with Gasteiger partial charge in [-0.3, -0.25) is 14.9 Å². The van der Waals surface area contributed by atoms with Crippen molar-refractivity contribution in [3.63, 3.8) is 0 Å². The van der Waals surface area contributed by atoms with Gasteiger partial charge in [0.2, 0.25) is 15.9 Å². The second kappa shape index (κ2) is 10.2. The molecule has 38 heavy (non-hydrogen) atoms. The van der Waals surface area contributed by atoms with Crippen LogP contribution in [0.15, 0.2) is 89.8 Å². The molecule has 0 bridgehead atoms. The Bertz CT molecular complexity index is 1650. The smallest absolute Gasteiger partial charge is 0.296 e. The lowest BCUT2D eigenvalue weighted by molar-refractivity contribution is -0.384. The normalized spacial score (nSPS) is 15.6. The molecule has 5 rings (SSSR count). The van der Waals surface area contributed by atoms with Crippen LogP contribution in [0.4, 0.5) is 11.4 Å². The van der Waals surface area contributed by atoms with Gasteiger partial charge in [-0.15, -0.1) is 0 Å². The van der Waals surface area contributed by atoms with Crippen LogP contribution in [0.5, 0.6) is 5.75 Å². The summed E-state index contributed by atoms with van der Waals surface area (Å²) < 4.78 is 34.4. The lowest BCUT2D eigenvalue weighted by Crippen LogP contribution is -2.50. The maximum absolute atomic E-state index is 13.9. The van der Waals surface area contributed by atoms with Crippen molar-refractivity contribution in [2.75, 3.05) is 11.9 Å². The first-order valence-corrected chi connectivity index (χ1v) is 13.5. The average molecular weight is 532 g/mol. The standard InChI is InChI=1S/C28H25N3O6S/c1-2-37-23-12-14-25(26(17-23)31(33)34)29-28(32)27-16-21-9-5-6-10-22(21)18-30(27)38(35,36)24-13-11-19-7-3-4-8-20(19)15-24/h3-15,17,27H,2,16,18H2,1H3,(H,29,32)/t27-/m0/s1. The number of fused-ring (bicyclic) bond motifs is 2. The van der Waals surface area contributed by atoms with Crippen LogP contribution in [0.1, 0.15) is 18.1 Å². The predicted molar refractivity (Wildman–Crippen MR) is 144 cm³/mol. The van der Waals surface area contributed by atoms with E-state index in [9.17, 15) is 23.3 Å². The minimum Gasteiger partial charge on any atom is -0.494 e. The van der Waals surface area contributed by atoms with Crippen LogP contribution in [-0.2, 0) is 27.8 Å². The van der Waals surface area contributed by atoms with E-state index < -0.39 is 26.9 Å². The predicted octanol–water partition coefficient (Wildman–Crippen LogP) is 4.90. The molecule has 1 N–H and O–H groups in total. The molecule has 0 fully saturated rings. The van der Waals surface area contributed by atoms with Gasteiger partial charge in [-0.05, 0) is 59.5 Å². The minimum absolute atomic E-state index is 0.00517. The highest BCUT2D eigenvalue weighted by molar-refractivity contribution is 7.89. The quantitative estimate of drug-likeness (QED) is 0.268. The maximum Gasteiger partial charge on any atom is 0.296 e. The molecule has 0 spiro atoms. The molecular weight excluding hydrogens is 506 g/mol. The van der Waals surface area contributed by atoms with E-state index in [1.807, 2.05) is 48.5 Å². The third kappa shape index (κ3) is 4.83. The summed E-state index contributed by atoms with van der Waals surface area (Å²) in [6.45, 7) is 2.08. The number of nitro groups is 1. The summed E-state index contributed by atoms with van der Waals surface area (Å²) in [5.41, 5.74) is 1.27. The third-order valence-corrected chi connectivity index (χ3v) is 8.42. The van der Waals surface area contributed by atoms with Crippen molar-refractivity contribution in [3.05, 3.63) is 106 Å². The number of rotatable bonds is 7. The van der Waals surface area contributed by atoms with E-state index in [1.165, 1.54) is 28.6 Å². The zero-order chi connectivity index (χ0) is 26.9. The Labute approximate surface area is 219 Å². The molecule has 1 aliphatic heterocycles. The summed E-state index contributed by atoms with van der Waals surface area (Å²) in [4.78, 5) is 24.8. The van der Waals surface area contributed by atoms with Crippen LogP contribution < -0.4 is 10.1 Å². The van der Waals surface area contributed by atoms with Crippen molar-refractivity contribution in [3.8, 4) is 5.75 Å². The number of carbonyl (C=O) groups excluding carboxylic acids is 1. The number of benzene rings is 4. The van der Waals surface area contributed by atoms with Crippen molar-refractivity contribution in [1.82, 2.24) is 4.31 Å². The van der Waals surface area contributed by atoms with Gasteiger partial charge in [0.25, 0.3) is 5.69 Å². The number of nitro benzene ring substituents is 1. The Morgan fingerprint density at radius 3 is 2.45 bits per heavy atom. The van der Waals surface area contributed by atoms with Crippen LogP contribution in [-0.4, -0.2) is 36.2 Å². The fraction of sp³-hybridized carbons (Fsp3) is 0.179. The highest BCUT2D eigenvalue weighted by Gasteiger charge is 2.40. The molecule has 0 saturated carbocycles. The number of hydrogen-bond donors (Lipinski definition) is 1. The highest BCUT2D eigenvalue weighted by atomic mass is 32.2. The van der Waals surface area contributed by atoms with Crippen molar-refractivity contribution < 1.29 is 22.9 Å². The lowest BCUT2D eigenvalue weighted by atomic mass is 9.95. The lowest BCUT2D eigenvalue weighted by Gasteiger charge is -2.35. The van der Waals surface area contributed by atoms with Gasteiger partial charge in [-0.1, -0.05) is 54.6 Å². The van der Waals surface area contributed by atoms with Crippen molar-refractivity contribution >= 4 is 38.1 Å². The zero-order valence-corrected chi connectivity index (χ0v) is 21.4. The average Bonchev–Trinajstić information content (AvgIpc) is 2.92. The number of amides is 1. The topological polar surface area (TPSA) is 119 Å². The summed E-state index contributed by atoms with van der Waals surface area (Å²) in [5.74, 6) is -0.361. The Morgan fingerprint density at radius 2 is 1.71 bits per heavy atom. The minimum atomic E-state index is -4.10. The van der Waals surface area contributed by atoms with E-state index in [1.54, 1.807) is 19.1 Å². The molecule has 0 unspecified atom stereocenters. The number of carbonyl (C=O) groups is 1. The Balaban J connectivity index is 1.53. The SMILES string of the molecule is CCOc1ccc(NC(=O)[C@@H]2Cc3ccccc3CN2S(=O)(=O)c2ccc3ccccc3c2)c([N+](=O)[O-])c1. The second-order valence-electron chi connectivity index (χ2n) is 8.91. The molecule has 1 heterocycles. The molecule has 0 aromatic heterocycles. The maximum atomic E-state index is 13.9. The molecule has 1 aliphatic rings. The molecular formula is C28H25N3O6S. The molecule has 194 valence electrons. The van der Waals surface area contributed by atoms with Gasteiger partial charge in [0.05, 0.1) is 22.5 Å². The fourth-order valence-electron chi connectivity index (χ4n) is 4.68. The largest absolute Gasteiger partial charge is 0.494 e. The number of hydrogen-bond acceptors (Lipinski definition) is 6. The van der Waals surface area contributed by atoms with Gasteiger partial charge >= 0.3 is 0 Å². The van der Waals surface area contributed by atoms with Crippen LogP contribution in [0.2, 0.25) is 0 Å². The van der Waals surface area contributed by atoms with Crippen molar-refractivity contribution in [2.24, 2.45) is 0 Å². The first-order chi connectivity index (χ1) is 18.3. The van der Waals surface area contributed by atoms with Crippen LogP contribution in [0.25, 0.3) is 10.8 Å². The number of anilines is 1. The van der Waals surface area contributed by atoms with Gasteiger partial charge in [-0.25, -0.2) is 8.42 Å². The number of nitrogens with zero attached hydrogens (tertiary/aromatic N) is 2. The summed E-state index contributed by atoms with van der Waals surface area (Å²) in [6.07, 6.45) is 0.125. The molecule has 4 aromatic carbocycles. The van der Waals surface area contributed by atoms with Gasteiger partial charge in [0.1, 0.15) is 17.5 Å². The molecule has 0 saturated heterocycles. The van der Waals surface area contributed by atoms with Crippen LogP contribution in [0.3, 0.4) is 0 Å². The highest BCUT2D eigenvalue weighted by Crippen LogP contribution is 2.33. The van der Waals surface area contributed by atoms with E-state index in [4.69, 9.17) is 4.74 Å². The summed E-state index contributed by atoms with van der Waals surface area (Å²) in [6, 6.07) is 22.7. The van der Waals surface area contributed by atoms with Gasteiger partial charge in [-0.2, -0.15) is 4.31 Å². The number of ether oxygens (including phenoxy) is 1. The van der Waals surface area contributed by atoms with Gasteiger partial charge < -0.3 is 10.1 Å². The molecule has 10 heteroatoms. The molecule has 0 radical (unpaired) electrons. The monoisotopic (exact) mass is 531 g/mol. The molecule has 1 atom stereocenters. The zero-order valence-electron chi connectivity index (χ0n) is 20.5. The number of nitrogens with one attached hydrogen (secondary N) is 1. The molecule has 4 aromatic rings. The van der Waals surface area contributed by atoms with E-state index in [0.717, 1.165) is 21.9 Å². The van der Waals surface area contributed by atoms with E-state index >= 15 is 0 Å². The molecule has 0 aliphatic carbocycles. The molecule has 1 amide bonds. The van der Waals surface area contributed by atoms with E-state index in [2.05, 4.69) is 5.32 Å². The summed E-state index contributed by atoms with van der Waals surface area (Å²) >= 11 is 0. The summed E-state index contributed by atoms with van der Waals surface area (Å²) in [5, 5.41) is 16.0. The Kier molecular flexibility index (Phi) is 6.83. The first kappa shape index (κ1) is 25.4. The van der Waals surface area contributed by atoms with Crippen molar-refractivity contribution in [2.45, 2.75) is 30.8 Å². The Morgan fingerprint density at radius 1 is 1.00 bits per heavy atom. The fourth-order valence-corrected chi connectivity index (χ4v) is 6.28. The third-order valence-electron chi connectivity index (χ3n) is 6.57. The van der Waals surface area contributed by atoms with E-state index in [-0.39, 0.29) is 29.2 Å². The van der Waals surface area contributed by atoms with Crippen LogP contribution in [0, 0.1) is 10.1 Å². The van der Waals surface area contributed by atoms with E-state index in [0.29, 0.717) is 12.4 Å². The number of sulfonamides is 1. The van der Waals surface area contributed by atoms with Crippen molar-refractivity contribution in [1.29, 1.82) is 0 Å². The van der Waals surface area contributed by atoms with Gasteiger partial charge in [0, 0.05) is 6.54 Å². The summed E-state index contributed by atoms with van der Waals surface area (Å²) in [7, 11) is -4.10.